The van der Waals surface area contributed by atoms with E-state index >= 15 is 0 Å². The van der Waals surface area contributed by atoms with Crippen LogP contribution in [0.2, 0.25) is 0 Å². The molecule has 3 saturated heterocycles. The maximum atomic E-state index is 13.3. The van der Waals surface area contributed by atoms with Crippen LogP contribution in [0, 0.1) is 5.92 Å². The third kappa shape index (κ3) is 5.30. The molecular formula is C24H25F3N2O4. The van der Waals surface area contributed by atoms with Crippen LogP contribution in [0.15, 0.2) is 48.5 Å². The molecule has 2 aromatic carbocycles. The van der Waals surface area contributed by atoms with Gasteiger partial charge in [0.2, 0.25) is 0 Å². The van der Waals surface area contributed by atoms with Crippen LogP contribution in [-0.4, -0.2) is 49.8 Å². The summed E-state index contributed by atoms with van der Waals surface area (Å²) < 4.78 is 50.5. The number of halogens is 3. The Morgan fingerprint density at radius 1 is 1.09 bits per heavy atom. The molecule has 1 atom stereocenters. The number of hydrogen-bond donors (Lipinski definition) is 0. The van der Waals surface area contributed by atoms with Crippen molar-refractivity contribution in [1.82, 2.24) is 4.90 Å². The minimum atomic E-state index is -4.55. The molecule has 176 valence electrons. The van der Waals surface area contributed by atoms with Gasteiger partial charge in [0.1, 0.15) is 6.10 Å². The summed E-state index contributed by atoms with van der Waals surface area (Å²) in [4.78, 5) is 28.5. The zero-order chi connectivity index (χ0) is 23.6. The third-order valence-electron chi connectivity index (χ3n) is 6.24. The van der Waals surface area contributed by atoms with Crippen molar-refractivity contribution in [3.63, 3.8) is 0 Å². The Morgan fingerprint density at radius 3 is 2.45 bits per heavy atom. The van der Waals surface area contributed by atoms with Crippen LogP contribution in [0.5, 0.6) is 0 Å². The monoisotopic (exact) mass is 462 g/mol. The summed E-state index contributed by atoms with van der Waals surface area (Å²) >= 11 is 0. The van der Waals surface area contributed by atoms with Gasteiger partial charge in [0.25, 0.3) is 0 Å². The third-order valence-corrected chi connectivity index (χ3v) is 6.24. The van der Waals surface area contributed by atoms with Crippen molar-refractivity contribution in [2.24, 2.45) is 5.92 Å². The van der Waals surface area contributed by atoms with E-state index in [9.17, 15) is 22.8 Å². The molecule has 0 saturated carbocycles. The van der Waals surface area contributed by atoms with Gasteiger partial charge in [-0.05, 0) is 67.7 Å². The lowest BCUT2D eigenvalue weighted by Gasteiger charge is -2.44. The second-order valence-electron chi connectivity index (χ2n) is 8.39. The first-order chi connectivity index (χ1) is 15.7. The van der Waals surface area contributed by atoms with Crippen molar-refractivity contribution in [3.05, 3.63) is 65.2 Å². The second-order valence-corrected chi connectivity index (χ2v) is 8.39. The Hall–Kier alpha value is -3.07. The average Bonchev–Trinajstić information content (AvgIpc) is 2.82. The van der Waals surface area contributed by atoms with Gasteiger partial charge in [-0.25, -0.2) is 9.59 Å². The molecule has 0 unspecified atom stereocenters. The van der Waals surface area contributed by atoms with E-state index in [4.69, 9.17) is 9.47 Å². The maximum absolute atomic E-state index is 13.3. The number of anilines is 1. The predicted molar refractivity (Wildman–Crippen MR) is 115 cm³/mol. The SMILES string of the molecule is COC(=O)c1cccc(CN(C(=O)O[C@H]2CN3CCC2CC3)c2cccc(C(F)(F)F)c2)c1. The number of hydrogen-bond acceptors (Lipinski definition) is 5. The number of fused-ring (bicyclic) bond motifs is 3. The minimum absolute atomic E-state index is 0.0634. The number of carbonyl (C=O) groups is 2. The van der Waals surface area contributed by atoms with E-state index < -0.39 is 23.8 Å². The first-order valence-corrected chi connectivity index (χ1v) is 10.8. The number of alkyl halides is 3. The molecule has 2 bridgehead atoms. The van der Waals surface area contributed by atoms with Crippen molar-refractivity contribution in [3.8, 4) is 0 Å². The summed E-state index contributed by atoms with van der Waals surface area (Å²) in [7, 11) is 1.26. The van der Waals surface area contributed by atoms with Crippen molar-refractivity contribution in [2.75, 3.05) is 31.6 Å². The summed E-state index contributed by atoms with van der Waals surface area (Å²) in [5.74, 6) is -0.290. The van der Waals surface area contributed by atoms with Crippen LogP contribution in [0.4, 0.5) is 23.7 Å². The van der Waals surface area contributed by atoms with E-state index in [0.29, 0.717) is 12.1 Å². The van der Waals surface area contributed by atoms with E-state index in [1.807, 2.05) is 0 Å². The lowest BCUT2D eigenvalue weighted by atomic mass is 9.86. The molecule has 5 rings (SSSR count). The molecule has 0 spiro atoms. The van der Waals surface area contributed by atoms with Gasteiger partial charge in [-0.15, -0.1) is 0 Å². The predicted octanol–water partition coefficient (Wildman–Crippen LogP) is 4.73. The molecule has 6 nitrogen and oxygen atoms in total. The highest BCUT2D eigenvalue weighted by Gasteiger charge is 2.38. The summed E-state index contributed by atoms with van der Waals surface area (Å²) in [6.07, 6.45) is -3.69. The maximum Gasteiger partial charge on any atom is 0.416 e. The fourth-order valence-electron chi connectivity index (χ4n) is 4.45. The fourth-order valence-corrected chi connectivity index (χ4v) is 4.45. The highest BCUT2D eigenvalue weighted by molar-refractivity contribution is 5.90. The van der Waals surface area contributed by atoms with E-state index in [2.05, 4.69) is 4.90 Å². The molecule has 0 N–H and O–H groups in total. The van der Waals surface area contributed by atoms with Gasteiger partial charge in [0.05, 0.1) is 24.8 Å². The Balaban J connectivity index is 1.62. The molecular weight excluding hydrogens is 437 g/mol. The van der Waals surface area contributed by atoms with Crippen LogP contribution in [0.3, 0.4) is 0 Å². The molecule has 1 amide bonds. The molecule has 33 heavy (non-hydrogen) atoms. The number of ether oxygens (including phenoxy) is 2. The van der Waals surface area contributed by atoms with Gasteiger partial charge >= 0.3 is 18.2 Å². The molecule has 2 aromatic rings. The van der Waals surface area contributed by atoms with Crippen LogP contribution in [0.25, 0.3) is 0 Å². The van der Waals surface area contributed by atoms with E-state index in [1.165, 1.54) is 24.1 Å². The zero-order valence-electron chi connectivity index (χ0n) is 18.2. The smallest absolute Gasteiger partial charge is 0.416 e. The van der Waals surface area contributed by atoms with E-state index in [0.717, 1.165) is 38.1 Å². The Bertz CT molecular complexity index is 1020. The molecule has 3 fully saturated rings. The van der Waals surface area contributed by atoms with E-state index in [-0.39, 0.29) is 29.8 Å². The first kappa shape index (κ1) is 23.1. The average molecular weight is 462 g/mol. The summed E-state index contributed by atoms with van der Waals surface area (Å²) in [6.45, 7) is 2.50. The van der Waals surface area contributed by atoms with Crippen molar-refractivity contribution < 1.29 is 32.2 Å². The molecule has 3 aliphatic rings. The number of carbonyl (C=O) groups excluding carboxylic acids is 2. The van der Waals surface area contributed by atoms with Gasteiger partial charge in [-0.2, -0.15) is 13.2 Å². The van der Waals surface area contributed by atoms with Gasteiger partial charge in [-0.3, -0.25) is 9.80 Å². The lowest BCUT2D eigenvalue weighted by molar-refractivity contribution is -0.137. The number of esters is 1. The van der Waals surface area contributed by atoms with Crippen LogP contribution in [-0.2, 0) is 22.2 Å². The number of benzene rings is 2. The number of methoxy groups -OCH3 is 1. The highest BCUT2D eigenvalue weighted by Crippen LogP contribution is 2.34. The molecule has 0 aliphatic carbocycles. The summed E-state index contributed by atoms with van der Waals surface area (Å²) in [5, 5.41) is 0. The Labute approximate surface area is 189 Å². The van der Waals surface area contributed by atoms with Crippen LogP contribution >= 0.6 is 0 Å². The zero-order valence-corrected chi connectivity index (χ0v) is 18.2. The standard InChI is InChI=1S/C24H25F3N2O4/c1-32-22(30)18-5-2-4-16(12-18)14-29(20-7-3-6-19(13-20)24(25,26)27)23(31)33-21-15-28-10-8-17(21)9-11-28/h2-7,12-13,17,21H,8-11,14-15H2,1H3/t21-/m0/s1. The van der Waals surface area contributed by atoms with Crippen molar-refractivity contribution in [1.29, 1.82) is 0 Å². The number of piperidine rings is 3. The topological polar surface area (TPSA) is 59.1 Å². The van der Waals surface area contributed by atoms with Gasteiger partial charge in [-0.1, -0.05) is 18.2 Å². The Morgan fingerprint density at radius 2 is 1.82 bits per heavy atom. The largest absolute Gasteiger partial charge is 0.465 e. The van der Waals surface area contributed by atoms with Crippen LogP contribution < -0.4 is 4.90 Å². The molecule has 9 heteroatoms. The quantitative estimate of drug-likeness (QED) is 0.602. The lowest BCUT2D eigenvalue weighted by Crippen LogP contribution is -2.53. The number of amides is 1. The molecule has 0 aromatic heterocycles. The highest BCUT2D eigenvalue weighted by atomic mass is 19.4. The molecule has 3 aliphatic heterocycles. The molecule has 0 radical (unpaired) electrons. The van der Waals surface area contributed by atoms with Gasteiger partial charge < -0.3 is 9.47 Å². The van der Waals surface area contributed by atoms with Crippen molar-refractivity contribution in [2.45, 2.75) is 31.7 Å². The Kier molecular flexibility index (Phi) is 6.60. The first-order valence-electron chi connectivity index (χ1n) is 10.8. The summed E-state index contributed by atoms with van der Waals surface area (Å²) in [6, 6.07) is 11.0. The van der Waals surface area contributed by atoms with Crippen molar-refractivity contribution >= 4 is 17.7 Å². The van der Waals surface area contributed by atoms with Crippen LogP contribution in [0.1, 0.15) is 34.3 Å². The fraction of sp³-hybridized carbons (Fsp3) is 0.417. The second kappa shape index (κ2) is 9.43. The number of rotatable bonds is 5. The van der Waals surface area contributed by atoms with Gasteiger partial charge in [0.15, 0.2) is 0 Å². The van der Waals surface area contributed by atoms with Gasteiger partial charge in [0, 0.05) is 12.2 Å². The molecule has 3 heterocycles. The normalized spacial score (nSPS) is 22.0. The summed E-state index contributed by atoms with van der Waals surface area (Å²) in [5.41, 5.74) is 0.0504. The number of nitrogens with zero attached hydrogens (tertiary/aromatic N) is 2. The minimum Gasteiger partial charge on any atom is -0.465 e. The van der Waals surface area contributed by atoms with E-state index in [1.54, 1.807) is 24.3 Å².